The molecule has 1 saturated carbocycles. The minimum Gasteiger partial charge on any atom is -0.288 e. The molecule has 1 fully saturated rings. The second-order valence-corrected chi connectivity index (χ2v) is 8.07. The van der Waals surface area contributed by atoms with Crippen molar-refractivity contribution in [3.8, 4) is 0 Å². The van der Waals surface area contributed by atoms with Crippen molar-refractivity contribution < 1.29 is 4.79 Å². The van der Waals surface area contributed by atoms with Crippen LogP contribution in [0.25, 0.3) is 0 Å². The molecule has 0 N–H and O–H groups in total. The first-order valence-electron chi connectivity index (χ1n) is 9.10. The van der Waals surface area contributed by atoms with Crippen LogP contribution in [0.4, 0.5) is 0 Å². The Hall–Kier alpha value is -0.830. The highest BCUT2D eigenvalue weighted by Gasteiger charge is 2.16. The lowest BCUT2D eigenvalue weighted by Crippen LogP contribution is -2.10. The van der Waals surface area contributed by atoms with Crippen LogP contribution < -0.4 is 0 Å². The predicted octanol–water partition coefficient (Wildman–Crippen LogP) is 5.67. The van der Waals surface area contributed by atoms with Gasteiger partial charge in [-0.1, -0.05) is 56.7 Å². The Morgan fingerprint density at radius 2 is 2.00 bits per heavy atom. The lowest BCUT2D eigenvalue weighted by Gasteiger charge is -2.24. The fourth-order valence-corrected chi connectivity index (χ4v) is 4.24. The molecule has 2 rings (SSSR count). The van der Waals surface area contributed by atoms with Crippen LogP contribution in [-0.4, -0.2) is 15.9 Å². The van der Waals surface area contributed by atoms with E-state index >= 15 is 0 Å². The quantitative estimate of drug-likeness (QED) is 0.583. The number of pyridine rings is 1. The number of nitrogens with zero attached hydrogens (tertiary/aromatic N) is 1. The molecule has 1 radical (unpaired) electrons. The Bertz CT molecular complexity index is 442. The van der Waals surface area contributed by atoms with Gasteiger partial charge in [0.25, 0.3) is 0 Å². The third-order valence-corrected chi connectivity index (χ3v) is 5.78. The summed E-state index contributed by atoms with van der Waals surface area (Å²) in [5.41, 5.74) is 1.27. The molecule has 0 aliphatic heterocycles. The van der Waals surface area contributed by atoms with E-state index in [9.17, 15) is 4.79 Å². The van der Waals surface area contributed by atoms with E-state index in [1.165, 1.54) is 62.3 Å². The summed E-state index contributed by atoms with van der Waals surface area (Å²) in [5, 5.41) is 0.245. The Labute approximate surface area is 145 Å². The second kappa shape index (κ2) is 10.9. The van der Waals surface area contributed by atoms with Gasteiger partial charge in [-0.2, -0.15) is 0 Å². The Balaban J connectivity index is 1.76. The molecule has 23 heavy (non-hydrogen) atoms. The van der Waals surface area contributed by atoms with E-state index in [-0.39, 0.29) is 5.12 Å². The second-order valence-electron chi connectivity index (χ2n) is 6.80. The monoisotopic (exact) mass is 332 g/mol. The summed E-state index contributed by atoms with van der Waals surface area (Å²) >= 11 is 1.48. The van der Waals surface area contributed by atoms with Crippen LogP contribution in [0.15, 0.2) is 24.5 Å². The molecular formula is C20H30NOS. The molecule has 1 aromatic rings. The van der Waals surface area contributed by atoms with Crippen LogP contribution in [0.5, 0.6) is 0 Å². The van der Waals surface area contributed by atoms with E-state index in [1.54, 1.807) is 6.92 Å². The normalized spacial score (nSPS) is 17.1. The van der Waals surface area contributed by atoms with E-state index in [0.717, 1.165) is 24.5 Å². The van der Waals surface area contributed by atoms with Crippen molar-refractivity contribution in [2.75, 3.05) is 5.75 Å². The van der Waals surface area contributed by atoms with Gasteiger partial charge in [0.1, 0.15) is 0 Å². The molecule has 1 heterocycles. The number of rotatable bonds is 9. The molecular weight excluding hydrogens is 302 g/mol. The van der Waals surface area contributed by atoms with Crippen LogP contribution in [0.2, 0.25) is 0 Å². The summed E-state index contributed by atoms with van der Waals surface area (Å²) < 4.78 is 0. The van der Waals surface area contributed by atoms with Crippen molar-refractivity contribution >= 4 is 16.9 Å². The van der Waals surface area contributed by atoms with Gasteiger partial charge in [0.05, 0.1) is 0 Å². The summed E-state index contributed by atoms with van der Waals surface area (Å²) in [6, 6.07) is 4.14. The first kappa shape index (κ1) is 18.5. The van der Waals surface area contributed by atoms with Crippen LogP contribution in [-0.2, 0) is 4.79 Å². The maximum Gasteiger partial charge on any atom is 0.185 e. The summed E-state index contributed by atoms with van der Waals surface area (Å²) in [4.78, 5) is 15.2. The van der Waals surface area contributed by atoms with Gasteiger partial charge in [-0.05, 0) is 48.8 Å². The van der Waals surface area contributed by atoms with Crippen LogP contribution in [0.3, 0.4) is 0 Å². The Morgan fingerprint density at radius 3 is 2.70 bits per heavy atom. The largest absolute Gasteiger partial charge is 0.288 e. The number of hydrogen-bond acceptors (Lipinski definition) is 3. The fourth-order valence-electron chi connectivity index (χ4n) is 3.50. The van der Waals surface area contributed by atoms with Crippen LogP contribution in [0.1, 0.15) is 70.3 Å². The standard InChI is InChI=1S/C20H30NOS/c1-17(22)23-16-13-19(8-7-18-5-3-2-4-6-18)9-10-20-11-14-21-15-12-20/h10-12,14-15,18-19H,2-9,13,16H2,1H3. The fraction of sp³-hybridized carbons (Fsp3) is 0.650. The molecule has 2 nitrogen and oxygen atoms in total. The molecule has 0 amide bonds. The molecule has 1 aliphatic carbocycles. The minimum atomic E-state index is 0.245. The number of thioether (sulfide) groups is 1. The molecule has 0 saturated heterocycles. The Kier molecular flexibility index (Phi) is 8.73. The topological polar surface area (TPSA) is 30.0 Å². The molecule has 0 aromatic carbocycles. The van der Waals surface area contributed by atoms with Crippen LogP contribution >= 0.6 is 11.8 Å². The lowest BCUT2D eigenvalue weighted by molar-refractivity contribution is -0.109. The van der Waals surface area contributed by atoms with E-state index in [1.807, 2.05) is 12.4 Å². The summed E-state index contributed by atoms with van der Waals surface area (Å²) in [7, 11) is 0. The lowest BCUT2D eigenvalue weighted by atomic mass is 9.82. The van der Waals surface area contributed by atoms with Gasteiger partial charge in [0, 0.05) is 25.1 Å². The highest BCUT2D eigenvalue weighted by molar-refractivity contribution is 8.13. The van der Waals surface area contributed by atoms with Gasteiger partial charge < -0.3 is 0 Å². The zero-order valence-corrected chi connectivity index (χ0v) is 15.2. The first-order chi connectivity index (χ1) is 11.2. The molecule has 1 aliphatic rings. The summed E-state index contributed by atoms with van der Waals surface area (Å²) in [5.74, 6) is 2.62. The maximum absolute atomic E-state index is 11.2. The third kappa shape index (κ3) is 8.01. The molecule has 1 aromatic heterocycles. The van der Waals surface area contributed by atoms with E-state index in [2.05, 4.69) is 23.5 Å². The molecule has 1 atom stereocenters. The van der Waals surface area contributed by atoms with Crippen molar-refractivity contribution in [1.82, 2.24) is 4.98 Å². The molecule has 1 unspecified atom stereocenters. The number of carbonyl (C=O) groups excluding carboxylic acids is 1. The SMILES string of the molecule is CC(=O)SCCC(C[CH]c1ccncc1)CCC1CCCCC1. The maximum atomic E-state index is 11.2. The molecule has 127 valence electrons. The number of carbonyl (C=O) groups is 1. The smallest absolute Gasteiger partial charge is 0.185 e. The van der Waals surface area contributed by atoms with E-state index in [0.29, 0.717) is 5.92 Å². The van der Waals surface area contributed by atoms with Crippen molar-refractivity contribution in [2.45, 2.75) is 64.7 Å². The van der Waals surface area contributed by atoms with E-state index < -0.39 is 0 Å². The average Bonchev–Trinajstić information content (AvgIpc) is 2.58. The highest BCUT2D eigenvalue weighted by atomic mass is 32.2. The van der Waals surface area contributed by atoms with Gasteiger partial charge in [-0.3, -0.25) is 9.78 Å². The number of hydrogen-bond donors (Lipinski definition) is 0. The van der Waals surface area contributed by atoms with Gasteiger partial charge >= 0.3 is 0 Å². The molecule has 3 heteroatoms. The van der Waals surface area contributed by atoms with Gasteiger partial charge in [0.2, 0.25) is 0 Å². The first-order valence-corrected chi connectivity index (χ1v) is 10.1. The van der Waals surface area contributed by atoms with Crippen molar-refractivity contribution in [3.05, 3.63) is 36.5 Å². The van der Waals surface area contributed by atoms with Crippen molar-refractivity contribution in [2.24, 2.45) is 11.8 Å². The zero-order valence-electron chi connectivity index (χ0n) is 14.4. The zero-order chi connectivity index (χ0) is 16.3. The number of aromatic nitrogens is 1. The molecule has 0 bridgehead atoms. The van der Waals surface area contributed by atoms with E-state index in [4.69, 9.17) is 0 Å². The Morgan fingerprint density at radius 1 is 1.26 bits per heavy atom. The van der Waals surface area contributed by atoms with Crippen molar-refractivity contribution in [1.29, 1.82) is 0 Å². The summed E-state index contributed by atoms with van der Waals surface area (Å²) in [6.07, 6.45) is 18.2. The predicted molar refractivity (Wildman–Crippen MR) is 99.3 cm³/mol. The van der Waals surface area contributed by atoms with Crippen molar-refractivity contribution in [3.63, 3.8) is 0 Å². The highest BCUT2D eigenvalue weighted by Crippen LogP contribution is 2.31. The average molecular weight is 333 g/mol. The van der Waals surface area contributed by atoms with Gasteiger partial charge in [0.15, 0.2) is 5.12 Å². The van der Waals surface area contributed by atoms with Crippen LogP contribution in [0, 0.1) is 18.3 Å². The van der Waals surface area contributed by atoms with Gasteiger partial charge in [-0.15, -0.1) is 0 Å². The molecule has 0 spiro atoms. The minimum absolute atomic E-state index is 0.245. The van der Waals surface area contributed by atoms with Gasteiger partial charge in [-0.25, -0.2) is 0 Å². The third-order valence-electron chi connectivity index (χ3n) is 4.93. The summed E-state index contributed by atoms with van der Waals surface area (Å²) in [6.45, 7) is 1.67.